The van der Waals surface area contributed by atoms with Gasteiger partial charge in [-0.05, 0) is 27.7 Å². The number of carboxylic acid groups (broad SMARTS) is 4. The van der Waals surface area contributed by atoms with Crippen molar-refractivity contribution < 1.29 is 58.8 Å². The maximum absolute atomic E-state index is 10.8. The van der Waals surface area contributed by atoms with Crippen molar-refractivity contribution in [3.05, 3.63) is 0 Å². The lowest BCUT2D eigenvalue weighted by atomic mass is 9.88. The number of rotatable bonds is 11. The molecule has 2 atom stereocenters. The van der Waals surface area contributed by atoms with Crippen LogP contribution in [0.5, 0.6) is 0 Å². The van der Waals surface area contributed by atoms with Crippen LogP contribution in [0.4, 0.5) is 0 Å². The molecule has 0 aliphatic rings. The zero-order valence-corrected chi connectivity index (χ0v) is 18.8. The van der Waals surface area contributed by atoms with Crippen molar-refractivity contribution >= 4 is 47.0 Å². The second-order valence-corrected chi connectivity index (χ2v) is 6.94. The van der Waals surface area contributed by atoms with E-state index in [4.69, 9.17) is 20.4 Å². The molecule has 0 saturated heterocycles. The summed E-state index contributed by atoms with van der Waals surface area (Å²) in [7, 11) is 0. The standard InChI is InChI=1S/2C8H12O4.C4H6O4/c2*1-4(8(11)12)7(5(2)9)6(3)10;5-3(6)1-2-4(7)8/h2*4,7H,1-3H3,(H,11,12);1-2H2,(H,5,6)(H,7,8). The summed E-state index contributed by atoms with van der Waals surface area (Å²) in [6.07, 6.45) is -0.593. The van der Waals surface area contributed by atoms with E-state index in [0.717, 1.165) is 0 Å². The minimum absolute atomic E-state index is 0.296. The third-order valence-electron chi connectivity index (χ3n) is 4.08. The summed E-state index contributed by atoms with van der Waals surface area (Å²) in [5, 5.41) is 32.9. The van der Waals surface area contributed by atoms with Gasteiger partial charge in [-0.2, -0.15) is 0 Å². The second-order valence-electron chi connectivity index (χ2n) is 6.94. The molecule has 32 heavy (non-hydrogen) atoms. The molecule has 182 valence electrons. The maximum Gasteiger partial charge on any atom is 0.307 e. The maximum atomic E-state index is 10.8. The number of hydrogen-bond acceptors (Lipinski definition) is 8. The highest BCUT2D eigenvalue weighted by atomic mass is 16.4. The highest BCUT2D eigenvalue weighted by Gasteiger charge is 2.31. The minimum Gasteiger partial charge on any atom is -0.481 e. The molecule has 0 rings (SSSR count). The number of hydrogen-bond donors (Lipinski definition) is 4. The van der Waals surface area contributed by atoms with Crippen LogP contribution in [0, 0.1) is 23.7 Å². The molecule has 2 unspecified atom stereocenters. The second kappa shape index (κ2) is 16.3. The van der Waals surface area contributed by atoms with Gasteiger partial charge in [0, 0.05) is 0 Å². The minimum atomic E-state index is -1.12. The number of Topliss-reactive ketones (excluding diaryl/α,β-unsaturated/α-hetero) is 4. The first-order valence-electron chi connectivity index (χ1n) is 9.29. The Kier molecular flexibility index (Phi) is 16.9. The summed E-state index contributed by atoms with van der Waals surface area (Å²) < 4.78 is 0. The third-order valence-corrected chi connectivity index (χ3v) is 4.08. The van der Waals surface area contributed by atoms with Crippen LogP contribution in [0.1, 0.15) is 54.4 Å². The van der Waals surface area contributed by atoms with Crippen LogP contribution in [0.25, 0.3) is 0 Å². The van der Waals surface area contributed by atoms with Gasteiger partial charge in [0.15, 0.2) is 0 Å². The molecule has 12 heteroatoms. The zero-order valence-electron chi connectivity index (χ0n) is 18.8. The molecule has 0 aliphatic carbocycles. The van der Waals surface area contributed by atoms with Gasteiger partial charge in [0.25, 0.3) is 0 Å². The molecule has 0 heterocycles. The molecule has 0 aromatic rings. The van der Waals surface area contributed by atoms with Crippen LogP contribution >= 0.6 is 0 Å². The van der Waals surface area contributed by atoms with E-state index in [2.05, 4.69) is 0 Å². The van der Waals surface area contributed by atoms with Crippen molar-refractivity contribution in [2.75, 3.05) is 0 Å². The SMILES string of the molecule is CC(=O)C(C(C)=O)C(C)C(=O)O.CC(=O)C(C(C)=O)C(C)C(=O)O.O=C(O)CCC(=O)O. The molecular weight excluding hydrogens is 432 g/mol. The lowest BCUT2D eigenvalue weighted by Crippen LogP contribution is -2.31. The Hall–Kier alpha value is -3.44. The first-order valence-corrected chi connectivity index (χ1v) is 9.29. The van der Waals surface area contributed by atoms with Gasteiger partial charge in [-0.25, -0.2) is 0 Å². The van der Waals surface area contributed by atoms with Crippen LogP contribution < -0.4 is 0 Å². The van der Waals surface area contributed by atoms with Crippen LogP contribution in [-0.2, 0) is 38.4 Å². The topological polar surface area (TPSA) is 217 Å². The molecular formula is C20H30O12. The predicted molar refractivity (Wildman–Crippen MR) is 108 cm³/mol. The molecule has 0 fully saturated rings. The quantitative estimate of drug-likeness (QED) is 0.315. The number of aliphatic carboxylic acids is 4. The monoisotopic (exact) mass is 462 g/mol. The smallest absolute Gasteiger partial charge is 0.307 e. The molecule has 0 spiro atoms. The number of carbonyl (C=O) groups excluding carboxylic acids is 4. The van der Waals surface area contributed by atoms with E-state index in [0.29, 0.717) is 0 Å². The van der Waals surface area contributed by atoms with Crippen LogP contribution in [0.3, 0.4) is 0 Å². The average Bonchev–Trinajstić information content (AvgIpc) is 2.59. The third kappa shape index (κ3) is 15.4. The van der Waals surface area contributed by atoms with E-state index in [-0.39, 0.29) is 12.8 Å². The molecule has 0 aliphatic heterocycles. The highest BCUT2D eigenvalue weighted by Crippen LogP contribution is 2.14. The van der Waals surface area contributed by atoms with E-state index < -0.39 is 70.7 Å². The summed E-state index contributed by atoms with van der Waals surface area (Å²) in [6.45, 7) is 7.62. The van der Waals surface area contributed by atoms with E-state index in [1.807, 2.05) is 0 Å². The summed E-state index contributed by atoms with van der Waals surface area (Å²) in [6, 6.07) is 0. The van der Waals surface area contributed by atoms with E-state index in [9.17, 15) is 38.4 Å². The van der Waals surface area contributed by atoms with Crippen molar-refractivity contribution in [2.24, 2.45) is 23.7 Å². The molecule has 12 nitrogen and oxygen atoms in total. The number of carbonyl (C=O) groups is 8. The normalized spacial score (nSPS) is 11.6. The molecule has 0 radical (unpaired) electrons. The van der Waals surface area contributed by atoms with Gasteiger partial charge >= 0.3 is 23.9 Å². The van der Waals surface area contributed by atoms with Gasteiger partial charge in [0.2, 0.25) is 0 Å². The van der Waals surface area contributed by atoms with E-state index >= 15 is 0 Å². The van der Waals surface area contributed by atoms with Crippen molar-refractivity contribution in [3.8, 4) is 0 Å². The first kappa shape index (κ1) is 33.2. The highest BCUT2D eigenvalue weighted by molar-refractivity contribution is 6.03. The molecule has 0 saturated carbocycles. The predicted octanol–water partition coefficient (Wildman–Crippen LogP) is 0.938. The average molecular weight is 462 g/mol. The molecule has 0 bridgehead atoms. The molecule has 0 aromatic carbocycles. The van der Waals surface area contributed by atoms with Gasteiger partial charge < -0.3 is 20.4 Å². The Morgan fingerprint density at radius 3 is 0.750 bits per heavy atom. The van der Waals surface area contributed by atoms with Gasteiger partial charge in [-0.3, -0.25) is 38.4 Å². The van der Waals surface area contributed by atoms with Gasteiger partial charge in [-0.1, -0.05) is 13.8 Å². The fourth-order valence-electron chi connectivity index (χ4n) is 2.48. The van der Waals surface area contributed by atoms with Gasteiger partial charge in [0.1, 0.15) is 23.1 Å². The number of carboxylic acids is 4. The number of ketones is 4. The summed E-state index contributed by atoms with van der Waals surface area (Å²) in [4.78, 5) is 83.6. The fourth-order valence-corrected chi connectivity index (χ4v) is 2.48. The van der Waals surface area contributed by atoms with Crippen LogP contribution in [0.2, 0.25) is 0 Å². The first-order chi connectivity index (χ1) is 14.4. The Morgan fingerprint density at radius 2 is 0.688 bits per heavy atom. The van der Waals surface area contributed by atoms with Gasteiger partial charge in [0.05, 0.1) is 36.5 Å². The molecule has 0 aromatic heterocycles. The zero-order chi connectivity index (χ0) is 26.3. The molecule has 0 amide bonds. The lowest BCUT2D eigenvalue weighted by Gasteiger charge is -2.13. The largest absolute Gasteiger partial charge is 0.481 e. The fraction of sp³-hybridized carbons (Fsp3) is 0.600. The van der Waals surface area contributed by atoms with E-state index in [1.165, 1.54) is 41.5 Å². The van der Waals surface area contributed by atoms with E-state index in [1.54, 1.807) is 0 Å². The molecule has 4 N–H and O–H groups in total. The summed E-state index contributed by atoms with van der Waals surface area (Å²) >= 11 is 0. The van der Waals surface area contributed by atoms with Crippen molar-refractivity contribution in [1.29, 1.82) is 0 Å². The Labute approximate surface area is 184 Å². The van der Waals surface area contributed by atoms with Gasteiger partial charge in [-0.15, -0.1) is 0 Å². The Balaban J connectivity index is -0.000000404. The van der Waals surface area contributed by atoms with Crippen molar-refractivity contribution in [3.63, 3.8) is 0 Å². The lowest BCUT2D eigenvalue weighted by molar-refractivity contribution is -0.148. The van der Waals surface area contributed by atoms with Crippen molar-refractivity contribution in [2.45, 2.75) is 54.4 Å². The summed E-state index contributed by atoms with van der Waals surface area (Å²) in [5.41, 5.74) is 0. The van der Waals surface area contributed by atoms with Crippen LogP contribution in [-0.4, -0.2) is 67.4 Å². The Bertz CT molecular complexity index is 647. The Morgan fingerprint density at radius 1 is 0.500 bits per heavy atom. The summed E-state index contributed by atoms with van der Waals surface area (Å²) in [5.74, 6) is -9.81. The van der Waals surface area contributed by atoms with Crippen LogP contribution in [0.15, 0.2) is 0 Å². The van der Waals surface area contributed by atoms with Crippen molar-refractivity contribution in [1.82, 2.24) is 0 Å².